The maximum atomic E-state index is 12.4. The highest BCUT2D eigenvalue weighted by Gasteiger charge is 2.29. The first-order chi connectivity index (χ1) is 18.4. The van der Waals surface area contributed by atoms with Crippen LogP contribution in [0.1, 0.15) is 63.0 Å². The van der Waals surface area contributed by atoms with E-state index in [1.165, 1.54) is 28.5 Å². The number of carbonyl (C=O) groups excluding carboxylic acids is 1. The number of rotatable bonds is 7. The molecular weight excluding hydrogens is 474 g/mol. The second-order valence-corrected chi connectivity index (χ2v) is 11.6. The van der Waals surface area contributed by atoms with Gasteiger partial charge in [-0.3, -0.25) is 19.8 Å². The van der Waals surface area contributed by atoms with Crippen LogP contribution in [0.5, 0.6) is 0 Å². The number of nitrogens with zero attached hydrogens (tertiary/aromatic N) is 5. The summed E-state index contributed by atoms with van der Waals surface area (Å²) < 4.78 is 5.55. The summed E-state index contributed by atoms with van der Waals surface area (Å²) in [4.78, 5) is 29.0. The maximum absolute atomic E-state index is 12.4. The van der Waals surface area contributed by atoms with E-state index in [1.807, 2.05) is 38.1 Å². The summed E-state index contributed by atoms with van der Waals surface area (Å²) in [6, 6.07) is 15.3. The molecule has 202 valence electrons. The van der Waals surface area contributed by atoms with Crippen LogP contribution in [0.4, 0.5) is 4.79 Å². The average Bonchev–Trinajstić information content (AvgIpc) is 2.91. The number of aryl methyl sites for hydroxylation is 1. The zero-order valence-corrected chi connectivity index (χ0v) is 23.1. The number of piperazine rings is 1. The van der Waals surface area contributed by atoms with Crippen molar-refractivity contribution in [1.82, 2.24) is 24.7 Å². The van der Waals surface area contributed by atoms with Crippen molar-refractivity contribution >= 4 is 16.9 Å². The summed E-state index contributed by atoms with van der Waals surface area (Å²) in [5.41, 5.74) is 3.28. The van der Waals surface area contributed by atoms with E-state index in [4.69, 9.17) is 14.7 Å². The molecule has 1 saturated heterocycles. The number of pyridine rings is 2. The predicted molar refractivity (Wildman–Crippen MR) is 151 cm³/mol. The predicted octanol–water partition coefficient (Wildman–Crippen LogP) is 5.45. The van der Waals surface area contributed by atoms with E-state index in [1.54, 1.807) is 0 Å². The minimum atomic E-state index is -0.454. The monoisotopic (exact) mass is 515 g/mol. The lowest BCUT2D eigenvalue weighted by Gasteiger charge is -2.37. The molecule has 0 unspecified atom stereocenters. The molecule has 0 bridgehead atoms. The molecule has 0 radical (unpaired) electrons. The molecule has 7 heteroatoms. The first-order valence-corrected chi connectivity index (χ1v) is 14.1. The largest absolute Gasteiger partial charge is 0.444 e. The van der Waals surface area contributed by atoms with Crippen LogP contribution in [0.15, 0.2) is 54.9 Å². The quantitative estimate of drug-likeness (QED) is 0.417. The van der Waals surface area contributed by atoms with Crippen LogP contribution in [0, 0.1) is 0 Å². The van der Waals surface area contributed by atoms with E-state index < -0.39 is 5.60 Å². The lowest BCUT2D eigenvalue weighted by atomic mass is 9.90. The summed E-state index contributed by atoms with van der Waals surface area (Å²) in [5, 5.41) is 2.42. The molecule has 0 spiro atoms. The Kier molecular flexibility index (Phi) is 8.24. The van der Waals surface area contributed by atoms with Gasteiger partial charge in [0.1, 0.15) is 5.60 Å². The Morgan fingerprint density at radius 2 is 1.84 bits per heavy atom. The highest BCUT2D eigenvalue weighted by molar-refractivity contribution is 5.81. The highest BCUT2D eigenvalue weighted by atomic mass is 16.6. The molecule has 0 saturated carbocycles. The van der Waals surface area contributed by atoms with Gasteiger partial charge in [-0.25, -0.2) is 4.79 Å². The molecule has 1 aliphatic carbocycles. The minimum absolute atomic E-state index is 0.199. The van der Waals surface area contributed by atoms with Crippen LogP contribution in [-0.2, 0) is 17.7 Å². The van der Waals surface area contributed by atoms with E-state index in [0.717, 1.165) is 70.8 Å². The first-order valence-electron chi connectivity index (χ1n) is 14.1. The molecular formula is C31H41N5O2. The maximum Gasteiger partial charge on any atom is 0.410 e. The van der Waals surface area contributed by atoms with Crippen LogP contribution in [0.2, 0.25) is 0 Å². The molecule has 38 heavy (non-hydrogen) atoms. The molecule has 7 nitrogen and oxygen atoms in total. The van der Waals surface area contributed by atoms with Gasteiger partial charge in [-0.2, -0.15) is 0 Å². The molecule has 0 N–H and O–H groups in total. The number of hydrogen-bond acceptors (Lipinski definition) is 6. The first kappa shape index (κ1) is 26.6. The van der Waals surface area contributed by atoms with Crippen LogP contribution in [-0.4, -0.2) is 75.6 Å². The molecule has 2 aliphatic rings. The Hall–Kier alpha value is -3.03. The molecule has 3 aromatic rings. The summed E-state index contributed by atoms with van der Waals surface area (Å²) >= 11 is 0. The number of fused-ring (bicyclic) bond motifs is 2. The van der Waals surface area contributed by atoms with Gasteiger partial charge < -0.3 is 9.64 Å². The van der Waals surface area contributed by atoms with E-state index in [0.29, 0.717) is 6.04 Å². The molecule has 1 aliphatic heterocycles. The van der Waals surface area contributed by atoms with Gasteiger partial charge in [0, 0.05) is 57.0 Å². The van der Waals surface area contributed by atoms with Crippen LogP contribution in [0.3, 0.4) is 0 Å². The third kappa shape index (κ3) is 6.69. The normalized spacial score (nSPS) is 18.5. The summed E-state index contributed by atoms with van der Waals surface area (Å²) in [6.45, 7) is 11.8. The fraction of sp³-hybridized carbons (Fsp3) is 0.516. The smallest absolute Gasteiger partial charge is 0.410 e. The SMILES string of the molecule is CC(C)(C)OC(=O)N1CCN(CCCN(Cc2cc3ccccc3cn2)[C@H]2CCCc3cccnc32)CC1. The molecule has 2 aromatic heterocycles. The lowest BCUT2D eigenvalue weighted by molar-refractivity contribution is 0.0141. The molecule has 3 heterocycles. The van der Waals surface area contributed by atoms with Crippen molar-refractivity contribution in [3.05, 3.63) is 71.8 Å². The third-order valence-electron chi connectivity index (χ3n) is 7.60. The van der Waals surface area contributed by atoms with Crippen LogP contribution >= 0.6 is 0 Å². The number of aromatic nitrogens is 2. The third-order valence-corrected chi connectivity index (χ3v) is 7.60. The fourth-order valence-electron chi connectivity index (χ4n) is 5.69. The average molecular weight is 516 g/mol. The standard InChI is InChI=1S/C31H41N5O2/c1-31(2,3)38-30(37)35-19-17-34(18-20-35)15-8-16-36(28-13-6-11-24-12-7-14-32-29(24)28)23-27-21-25-9-4-5-10-26(25)22-33-27/h4-5,7,9-10,12,14,21-22,28H,6,8,11,13,15-20,23H2,1-3H3/t28-/m0/s1. The summed E-state index contributed by atoms with van der Waals surface area (Å²) in [5.74, 6) is 0. The van der Waals surface area contributed by atoms with Gasteiger partial charge in [0.15, 0.2) is 0 Å². The van der Waals surface area contributed by atoms with Crippen molar-refractivity contribution in [3.8, 4) is 0 Å². The minimum Gasteiger partial charge on any atom is -0.444 e. The zero-order chi connectivity index (χ0) is 26.5. The molecule has 1 fully saturated rings. The van der Waals surface area contributed by atoms with Crippen molar-refractivity contribution in [2.75, 3.05) is 39.3 Å². The number of ether oxygens (including phenoxy) is 1. The summed E-state index contributed by atoms with van der Waals surface area (Å²) in [6.07, 6.45) is 8.25. The van der Waals surface area contributed by atoms with E-state index in [-0.39, 0.29) is 6.09 Å². The van der Waals surface area contributed by atoms with Gasteiger partial charge in [0.25, 0.3) is 0 Å². The van der Waals surface area contributed by atoms with Gasteiger partial charge in [-0.1, -0.05) is 30.3 Å². The van der Waals surface area contributed by atoms with E-state index in [9.17, 15) is 4.79 Å². The lowest BCUT2D eigenvalue weighted by Crippen LogP contribution is -2.50. The van der Waals surface area contributed by atoms with Gasteiger partial charge in [0.05, 0.1) is 17.4 Å². The van der Waals surface area contributed by atoms with Crippen molar-refractivity contribution in [1.29, 1.82) is 0 Å². The van der Waals surface area contributed by atoms with Crippen molar-refractivity contribution in [2.24, 2.45) is 0 Å². The Morgan fingerprint density at radius 1 is 1.05 bits per heavy atom. The van der Waals surface area contributed by atoms with Gasteiger partial charge in [0.2, 0.25) is 0 Å². The van der Waals surface area contributed by atoms with E-state index in [2.05, 4.69) is 52.3 Å². The second kappa shape index (κ2) is 11.8. The van der Waals surface area contributed by atoms with Gasteiger partial charge >= 0.3 is 6.09 Å². The Morgan fingerprint density at radius 3 is 2.63 bits per heavy atom. The highest BCUT2D eigenvalue weighted by Crippen LogP contribution is 2.34. The molecule has 1 atom stereocenters. The topological polar surface area (TPSA) is 61.8 Å². The van der Waals surface area contributed by atoms with Gasteiger partial charge in [-0.15, -0.1) is 0 Å². The fourth-order valence-corrected chi connectivity index (χ4v) is 5.69. The van der Waals surface area contributed by atoms with Crippen LogP contribution in [0.25, 0.3) is 10.8 Å². The Bertz CT molecular complexity index is 1230. The summed E-state index contributed by atoms with van der Waals surface area (Å²) in [7, 11) is 0. The Labute approximate surface area is 226 Å². The van der Waals surface area contributed by atoms with Crippen molar-refractivity contribution in [2.45, 2.75) is 64.6 Å². The zero-order valence-electron chi connectivity index (χ0n) is 23.1. The molecule has 1 amide bonds. The number of amides is 1. The van der Waals surface area contributed by atoms with Crippen molar-refractivity contribution in [3.63, 3.8) is 0 Å². The van der Waals surface area contributed by atoms with E-state index >= 15 is 0 Å². The number of carbonyl (C=O) groups is 1. The van der Waals surface area contributed by atoms with Crippen molar-refractivity contribution < 1.29 is 9.53 Å². The number of hydrogen-bond donors (Lipinski definition) is 0. The number of benzene rings is 1. The molecule has 5 rings (SSSR count). The van der Waals surface area contributed by atoms with Crippen LogP contribution < -0.4 is 0 Å². The second-order valence-electron chi connectivity index (χ2n) is 11.6. The Balaban J connectivity index is 1.23. The molecule has 1 aromatic carbocycles. The van der Waals surface area contributed by atoms with Gasteiger partial charge in [-0.05, 0) is 76.1 Å².